The van der Waals surface area contributed by atoms with Gasteiger partial charge < -0.3 is 20.1 Å². The number of anilines is 1. The minimum absolute atomic E-state index is 0. The van der Waals surface area contributed by atoms with Crippen LogP contribution < -0.4 is 15.4 Å². The second-order valence-corrected chi connectivity index (χ2v) is 6.53. The van der Waals surface area contributed by atoms with E-state index < -0.39 is 0 Å². The van der Waals surface area contributed by atoms with Crippen LogP contribution in [0.25, 0.3) is 10.9 Å². The van der Waals surface area contributed by atoms with Gasteiger partial charge in [0, 0.05) is 50.0 Å². The van der Waals surface area contributed by atoms with Crippen molar-refractivity contribution in [3.05, 3.63) is 66.4 Å². The molecule has 3 rings (SSSR count). The molecule has 0 fully saturated rings. The number of hydrogen-bond donors (Lipinski definition) is 2. The van der Waals surface area contributed by atoms with Gasteiger partial charge in [0.1, 0.15) is 5.75 Å². The zero-order chi connectivity index (χ0) is 20.3. The predicted octanol–water partition coefficient (Wildman–Crippen LogP) is 4.85. The summed E-state index contributed by atoms with van der Waals surface area (Å²) in [4.78, 5) is 9.17. The van der Waals surface area contributed by atoms with Crippen molar-refractivity contribution in [3.8, 4) is 5.75 Å². The van der Waals surface area contributed by atoms with Crippen LogP contribution >= 0.6 is 24.0 Å². The summed E-state index contributed by atoms with van der Waals surface area (Å²) in [6.45, 7) is 4.70. The molecule has 7 heteroatoms. The van der Waals surface area contributed by atoms with Crippen LogP contribution in [0.1, 0.15) is 18.9 Å². The van der Waals surface area contributed by atoms with Gasteiger partial charge >= 0.3 is 0 Å². The molecule has 0 atom stereocenters. The van der Waals surface area contributed by atoms with Crippen LogP contribution in [0.3, 0.4) is 0 Å². The minimum Gasteiger partial charge on any atom is -0.493 e. The lowest BCUT2D eigenvalue weighted by Crippen LogP contribution is -2.30. The SMILES string of the molecule is CCNC(=NCc1ccnc2ccccc12)Nc1cccc(OCCCOC)c1.I. The number of hydrogen-bond acceptors (Lipinski definition) is 4. The summed E-state index contributed by atoms with van der Waals surface area (Å²) < 4.78 is 10.8. The molecule has 0 amide bonds. The average Bonchev–Trinajstić information content (AvgIpc) is 2.75. The van der Waals surface area contributed by atoms with E-state index >= 15 is 0 Å². The molecule has 1 heterocycles. The number of nitrogens with zero attached hydrogens (tertiary/aromatic N) is 2. The second kappa shape index (κ2) is 13.0. The van der Waals surface area contributed by atoms with E-state index in [4.69, 9.17) is 14.5 Å². The lowest BCUT2D eigenvalue weighted by Gasteiger charge is -2.13. The van der Waals surface area contributed by atoms with Crippen molar-refractivity contribution in [3.63, 3.8) is 0 Å². The first-order chi connectivity index (χ1) is 14.3. The summed E-state index contributed by atoms with van der Waals surface area (Å²) in [6.07, 6.45) is 2.69. The van der Waals surface area contributed by atoms with Gasteiger partial charge in [0.25, 0.3) is 0 Å². The molecule has 0 radical (unpaired) electrons. The number of para-hydroxylation sites is 1. The maximum absolute atomic E-state index is 5.78. The van der Waals surface area contributed by atoms with Gasteiger partial charge in [-0.15, -0.1) is 24.0 Å². The number of nitrogens with one attached hydrogen (secondary N) is 2. The highest BCUT2D eigenvalue weighted by atomic mass is 127. The number of aliphatic imine (C=N–C) groups is 1. The molecule has 0 bridgehead atoms. The first-order valence-electron chi connectivity index (χ1n) is 9.90. The van der Waals surface area contributed by atoms with Crippen molar-refractivity contribution in [2.45, 2.75) is 19.9 Å². The minimum atomic E-state index is 0. The molecule has 0 unspecified atom stereocenters. The van der Waals surface area contributed by atoms with E-state index in [1.54, 1.807) is 7.11 Å². The normalized spacial score (nSPS) is 11.1. The van der Waals surface area contributed by atoms with Gasteiger partial charge in [-0.2, -0.15) is 0 Å². The van der Waals surface area contributed by atoms with E-state index in [1.807, 2.05) is 61.7 Å². The summed E-state index contributed by atoms with van der Waals surface area (Å²) >= 11 is 0. The van der Waals surface area contributed by atoms with E-state index in [9.17, 15) is 0 Å². The highest BCUT2D eigenvalue weighted by Crippen LogP contribution is 2.19. The molecular weight excluding hydrogens is 491 g/mol. The molecule has 2 N–H and O–H groups in total. The molecule has 0 aliphatic rings. The van der Waals surface area contributed by atoms with Crippen LogP contribution in [0.4, 0.5) is 5.69 Å². The van der Waals surface area contributed by atoms with Crippen LogP contribution in [0.2, 0.25) is 0 Å². The lowest BCUT2D eigenvalue weighted by molar-refractivity contribution is 0.172. The van der Waals surface area contributed by atoms with E-state index in [-0.39, 0.29) is 24.0 Å². The molecule has 1 aromatic heterocycles. The highest BCUT2D eigenvalue weighted by Gasteiger charge is 2.04. The van der Waals surface area contributed by atoms with Crippen molar-refractivity contribution < 1.29 is 9.47 Å². The maximum atomic E-state index is 5.78. The number of ether oxygens (including phenoxy) is 2. The zero-order valence-corrected chi connectivity index (χ0v) is 19.8. The number of methoxy groups -OCH3 is 1. The van der Waals surface area contributed by atoms with Crippen molar-refractivity contribution in [1.29, 1.82) is 0 Å². The molecule has 160 valence electrons. The fraction of sp³-hybridized carbons (Fsp3) is 0.304. The lowest BCUT2D eigenvalue weighted by atomic mass is 10.1. The van der Waals surface area contributed by atoms with Crippen LogP contribution in [0.5, 0.6) is 5.75 Å². The summed E-state index contributed by atoms with van der Waals surface area (Å²) in [5.41, 5.74) is 3.05. The third-order valence-electron chi connectivity index (χ3n) is 4.35. The molecule has 6 nitrogen and oxygen atoms in total. The third-order valence-corrected chi connectivity index (χ3v) is 4.35. The van der Waals surface area contributed by atoms with E-state index in [1.165, 1.54) is 0 Å². The summed E-state index contributed by atoms with van der Waals surface area (Å²) in [6, 6.07) is 18.0. The average molecular weight is 520 g/mol. The summed E-state index contributed by atoms with van der Waals surface area (Å²) in [5.74, 6) is 1.55. The van der Waals surface area contributed by atoms with Crippen molar-refractivity contribution in [2.75, 3.05) is 32.2 Å². The van der Waals surface area contributed by atoms with Gasteiger partial charge in [-0.25, -0.2) is 4.99 Å². The standard InChI is InChI=1S/C23H28N4O2.HI/c1-3-24-23(26-17-18-12-13-25-22-11-5-4-10-21(18)22)27-19-8-6-9-20(16-19)29-15-7-14-28-2;/h4-6,8-13,16H,3,7,14-15,17H2,1-2H3,(H2,24,26,27);1H. The Morgan fingerprint density at radius 2 is 1.93 bits per heavy atom. The van der Waals surface area contributed by atoms with Crippen LogP contribution in [-0.2, 0) is 11.3 Å². The number of fused-ring (bicyclic) bond motifs is 1. The van der Waals surface area contributed by atoms with Gasteiger partial charge in [-0.05, 0) is 36.8 Å². The quantitative estimate of drug-likeness (QED) is 0.183. The molecule has 0 saturated heterocycles. The molecule has 30 heavy (non-hydrogen) atoms. The topological polar surface area (TPSA) is 67.8 Å². The largest absolute Gasteiger partial charge is 0.493 e. The first-order valence-corrected chi connectivity index (χ1v) is 9.90. The number of aromatic nitrogens is 1. The Hall–Kier alpha value is -2.39. The van der Waals surface area contributed by atoms with E-state index in [0.29, 0.717) is 19.8 Å². The van der Waals surface area contributed by atoms with Crippen LogP contribution in [0, 0.1) is 0 Å². The maximum Gasteiger partial charge on any atom is 0.196 e. The smallest absolute Gasteiger partial charge is 0.196 e. The monoisotopic (exact) mass is 520 g/mol. The molecule has 3 aromatic rings. The molecule has 0 saturated carbocycles. The van der Waals surface area contributed by atoms with Gasteiger partial charge in [0.2, 0.25) is 0 Å². The van der Waals surface area contributed by atoms with Crippen molar-refractivity contribution in [1.82, 2.24) is 10.3 Å². The fourth-order valence-electron chi connectivity index (χ4n) is 2.96. The second-order valence-electron chi connectivity index (χ2n) is 6.53. The summed E-state index contributed by atoms with van der Waals surface area (Å²) in [5, 5.41) is 7.78. The molecule has 0 spiro atoms. The van der Waals surface area contributed by atoms with E-state index in [0.717, 1.165) is 46.8 Å². The van der Waals surface area contributed by atoms with Crippen molar-refractivity contribution in [2.24, 2.45) is 4.99 Å². The molecule has 2 aromatic carbocycles. The molecule has 0 aliphatic heterocycles. The van der Waals surface area contributed by atoms with Gasteiger partial charge in [-0.3, -0.25) is 4.98 Å². The third kappa shape index (κ3) is 7.14. The Kier molecular flexibility index (Phi) is 10.4. The van der Waals surface area contributed by atoms with Crippen LogP contribution in [0.15, 0.2) is 65.8 Å². The Morgan fingerprint density at radius 3 is 2.77 bits per heavy atom. The number of benzene rings is 2. The van der Waals surface area contributed by atoms with Gasteiger partial charge in [0.05, 0.1) is 18.7 Å². The fourth-order valence-corrected chi connectivity index (χ4v) is 2.96. The number of halogens is 1. The van der Waals surface area contributed by atoms with Gasteiger partial charge in [0.15, 0.2) is 5.96 Å². The zero-order valence-electron chi connectivity index (χ0n) is 17.4. The number of rotatable bonds is 9. The molecular formula is C23H29IN4O2. The van der Waals surface area contributed by atoms with E-state index in [2.05, 4.69) is 21.7 Å². The number of guanidine groups is 1. The molecule has 0 aliphatic carbocycles. The van der Waals surface area contributed by atoms with Crippen LogP contribution in [-0.4, -0.2) is 37.8 Å². The number of pyridine rings is 1. The Balaban J connectivity index is 0.00000320. The predicted molar refractivity (Wildman–Crippen MR) is 134 cm³/mol. The summed E-state index contributed by atoms with van der Waals surface area (Å²) in [7, 11) is 1.70. The Bertz CT molecular complexity index is 944. The van der Waals surface area contributed by atoms with Crippen molar-refractivity contribution >= 4 is 46.5 Å². The van der Waals surface area contributed by atoms with Gasteiger partial charge in [-0.1, -0.05) is 24.3 Å². The first kappa shape index (κ1) is 23.9. The Labute approximate surface area is 195 Å². The highest BCUT2D eigenvalue weighted by molar-refractivity contribution is 14.0. The Morgan fingerprint density at radius 1 is 1.07 bits per heavy atom.